The van der Waals surface area contributed by atoms with Crippen LogP contribution < -0.4 is 5.84 Å². The number of hydrogen-bond acceptors (Lipinski definition) is 2. The van der Waals surface area contributed by atoms with Gasteiger partial charge in [0.05, 0.1) is 11.9 Å². The van der Waals surface area contributed by atoms with Gasteiger partial charge in [-0.1, -0.05) is 0 Å². The smallest absolute Gasteiger partial charge is 0.124 e. The molecule has 0 aliphatic carbocycles. The van der Waals surface area contributed by atoms with Crippen molar-refractivity contribution in [3.63, 3.8) is 0 Å². The molecule has 44 valence electrons. The minimum atomic E-state index is 0.850. The molecule has 0 saturated heterocycles. The van der Waals surface area contributed by atoms with Crippen LogP contribution in [0.15, 0.2) is 6.20 Å². The zero-order valence-corrected chi connectivity index (χ0v) is 5.05. The first-order valence-corrected chi connectivity index (χ1v) is 2.48. The third-order valence-electron chi connectivity index (χ3n) is 1.17. The van der Waals surface area contributed by atoms with Gasteiger partial charge in [0.25, 0.3) is 0 Å². The number of hydrogen-bond donors (Lipinski definition) is 1. The lowest BCUT2D eigenvalue weighted by Crippen LogP contribution is -2.11. The Morgan fingerprint density at radius 2 is 2.25 bits per heavy atom. The highest BCUT2D eigenvalue weighted by Crippen LogP contribution is 1.94. The maximum absolute atomic E-state index is 5.46. The molecular formula is C5H9N3. The van der Waals surface area contributed by atoms with Gasteiger partial charge >= 0.3 is 0 Å². The Balaban J connectivity index is 3.19. The average Bonchev–Trinajstić information content (AvgIpc) is 1.98. The van der Waals surface area contributed by atoms with Crippen LogP contribution in [0.25, 0.3) is 0 Å². The van der Waals surface area contributed by atoms with Gasteiger partial charge in [-0.15, -0.1) is 0 Å². The zero-order chi connectivity index (χ0) is 6.15. The monoisotopic (exact) mass is 111 g/mol. The van der Waals surface area contributed by atoms with Crippen LogP contribution in [0, 0.1) is 13.8 Å². The van der Waals surface area contributed by atoms with Crippen LogP contribution in [-0.2, 0) is 0 Å². The molecule has 0 amide bonds. The third-order valence-corrected chi connectivity index (χ3v) is 1.17. The summed E-state index contributed by atoms with van der Waals surface area (Å²) in [6.07, 6.45) is 1.75. The molecule has 0 fully saturated rings. The number of imidazole rings is 1. The van der Waals surface area contributed by atoms with Crippen molar-refractivity contribution in [1.82, 2.24) is 9.66 Å². The molecule has 0 aromatic carbocycles. The van der Waals surface area contributed by atoms with Crippen LogP contribution in [0.1, 0.15) is 11.5 Å². The summed E-state index contributed by atoms with van der Waals surface area (Å²) in [5, 5.41) is 0. The van der Waals surface area contributed by atoms with Gasteiger partial charge in [-0.05, 0) is 13.8 Å². The standard InChI is InChI=1S/C5H9N3/c1-4-3-7-5(2)8(4)6/h3H,6H2,1-2H3. The van der Waals surface area contributed by atoms with E-state index in [4.69, 9.17) is 5.84 Å². The van der Waals surface area contributed by atoms with E-state index in [0.29, 0.717) is 0 Å². The van der Waals surface area contributed by atoms with Crippen LogP contribution in [0.5, 0.6) is 0 Å². The van der Waals surface area contributed by atoms with Crippen molar-refractivity contribution in [2.75, 3.05) is 5.84 Å². The first-order chi connectivity index (χ1) is 3.72. The third kappa shape index (κ3) is 0.559. The molecule has 0 atom stereocenters. The highest BCUT2D eigenvalue weighted by Gasteiger charge is 1.93. The van der Waals surface area contributed by atoms with Gasteiger partial charge < -0.3 is 5.84 Å². The fourth-order valence-electron chi connectivity index (χ4n) is 0.566. The quantitative estimate of drug-likeness (QED) is 0.486. The van der Waals surface area contributed by atoms with Gasteiger partial charge in [-0.2, -0.15) is 0 Å². The van der Waals surface area contributed by atoms with Crippen LogP contribution in [0.4, 0.5) is 0 Å². The normalized spacial score (nSPS) is 9.75. The summed E-state index contributed by atoms with van der Waals surface area (Å²) in [6.45, 7) is 3.78. The molecule has 1 aromatic heterocycles. The molecule has 0 spiro atoms. The average molecular weight is 111 g/mol. The van der Waals surface area contributed by atoms with E-state index >= 15 is 0 Å². The maximum Gasteiger partial charge on any atom is 0.124 e. The number of aromatic nitrogens is 2. The summed E-state index contributed by atoms with van der Waals surface area (Å²) >= 11 is 0. The molecule has 3 heteroatoms. The van der Waals surface area contributed by atoms with Crippen molar-refractivity contribution in [3.8, 4) is 0 Å². The van der Waals surface area contributed by atoms with E-state index in [-0.39, 0.29) is 0 Å². The second-order valence-corrected chi connectivity index (χ2v) is 1.82. The number of nitrogens with two attached hydrogens (primary N) is 1. The SMILES string of the molecule is Cc1cnc(C)n1N. The van der Waals surface area contributed by atoms with Crippen molar-refractivity contribution in [2.24, 2.45) is 0 Å². The second kappa shape index (κ2) is 1.51. The summed E-state index contributed by atoms with van der Waals surface area (Å²) in [5.74, 6) is 6.31. The van der Waals surface area contributed by atoms with Crippen molar-refractivity contribution in [3.05, 3.63) is 17.7 Å². The van der Waals surface area contributed by atoms with Crippen LogP contribution in [-0.4, -0.2) is 9.66 Å². The van der Waals surface area contributed by atoms with E-state index in [0.717, 1.165) is 11.5 Å². The predicted octanol–water partition coefficient (Wildman–Crippen LogP) is 0.214. The highest BCUT2D eigenvalue weighted by atomic mass is 15.3. The number of nitrogens with zero attached hydrogens (tertiary/aromatic N) is 2. The van der Waals surface area contributed by atoms with Crippen molar-refractivity contribution in [2.45, 2.75) is 13.8 Å². The van der Waals surface area contributed by atoms with E-state index in [9.17, 15) is 0 Å². The van der Waals surface area contributed by atoms with E-state index in [1.807, 2.05) is 13.8 Å². The fraction of sp³-hybridized carbons (Fsp3) is 0.400. The molecule has 1 rings (SSSR count). The molecule has 1 aromatic rings. The lowest BCUT2D eigenvalue weighted by molar-refractivity contribution is 0.894. The minimum absolute atomic E-state index is 0.850. The van der Waals surface area contributed by atoms with Crippen LogP contribution in [0.2, 0.25) is 0 Å². The second-order valence-electron chi connectivity index (χ2n) is 1.82. The Kier molecular flexibility index (Phi) is 0.970. The molecule has 3 nitrogen and oxygen atoms in total. The predicted molar refractivity (Wildman–Crippen MR) is 31.9 cm³/mol. The fourth-order valence-corrected chi connectivity index (χ4v) is 0.566. The van der Waals surface area contributed by atoms with Gasteiger partial charge in [0.1, 0.15) is 5.82 Å². The number of nitrogen functional groups attached to an aromatic ring is 1. The molecule has 0 aliphatic rings. The van der Waals surface area contributed by atoms with E-state index < -0.39 is 0 Å². The van der Waals surface area contributed by atoms with Gasteiger partial charge in [-0.3, -0.25) is 4.68 Å². The summed E-state index contributed by atoms with van der Waals surface area (Å²) in [6, 6.07) is 0. The van der Waals surface area contributed by atoms with Gasteiger partial charge in [0, 0.05) is 0 Å². The van der Waals surface area contributed by atoms with E-state index in [1.165, 1.54) is 0 Å². The van der Waals surface area contributed by atoms with Gasteiger partial charge in [-0.25, -0.2) is 4.98 Å². The molecule has 0 radical (unpaired) electrons. The van der Waals surface area contributed by atoms with Crippen LogP contribution in [0.3, 0.4) is 0 Å². The van der Waals surface area contributed by atoms with E-state index in [1.54, 1.807) is 10.9 Å². The first-order valence-electron chi connectivity index (χ1n) is 2.48. The molecule has 0 saturated carbocycles. The largest absolute Gasteiger partial charge is 0.338 e. The molecule has 1 heterocycles. The van der Waals surface area contributed by atoms with Crippen LogP contribution >= 0.6 is 0 Å². The molecule has 0 bridgehead atoms. The zero-order valence-electron chi connectivity index (χ0n) is 5.05. The minimum Gasteiger partial charge on any atom is -0.338 e. The van der Waals surface area contributed by atoms with Crippen molar-refractivity contribution in [1.29, 1.82) is 0 Å². The topological polar surface area (TPSA) is 43.8 Å². The molecule has 0 unspecified atom stereocenters. The number of aryl methyl sites for hydroxylation is 2. The van der Waals surface area contributed by atoms with Gasteiger partial charge in [0.15, 0.2) is 0 Å². The molecule has 0 aliphatic heterocycles. The summed E-state index contributed by atoms with van der Waals surface area (Å²) in [4.78, 5) is 3.95. The van der Waals surface area contributed by atoms with Crippen molar-refractivity contribution < 1.29 is 0 Å². The number of rotatable bonds is 0. The molecule has 2 N–H and O–H groups in total. The summed E-state index contributed by atoms with van der Waals surface area (Å²) in [5.41, 5.74) is 0.988. The Labute approximate surface area is 48.1 Å². The summed E-state index contributed by atoms with van der Waals surface area (Å²) < 4.78 is 1.56. The Hall–Kier alpha value is -0.990. The Morgan fingerprint density at radius 3 is 2.38 bits per heavy atom. The molecular weight excluding hydrogens is 102 g/mol. The summed E-state index contributed by atoms with van der Waals surface area (Å²) in [7, 11) is 0. The lowest BCUT2D eigenvalue weighted by Gasteiger charge is -1.94. The van der Waals surface area contributed by atoms with Gasteiger partial charge in [0.2, 0.25) is 0 Å². The highest BCUT2D eigenvalue weighted by molar-refractivity contribution is 5.00. The van der Waals surface area contributed by atoms with E-state index in [2.05, 4.69) is 4.98 Å². The van der Waals surface area contributed by atoms with Crippen molar-refractivity contribution >= 4 is 0 Å². The lowest BCUT2D eigenvalue weighted by atomic mass is 10.6. The first kappa shape index (κ1) is 5.15. The Morgan fingerprint density at radius 1 is 1.62 bits per heavy atom. The molecule has 8 heavy (non-hydrogen) atoms. The maximum atomic E-state index is 5.46. The Bertz CT molecular complexity index is 170.